The van der Waals surface area contributed by atoms with E-state index in [9.17, 15) is 4.79 Å². The van der Waals surface area contributed by atoms with Crippen LogP contribution in [0.5, 0.6) is 0 Å². The number of amides is 1. The molecule has 3 aromatic rings. The summed E-state index contributed by atoms with van der Waals surface area (Å²) in [5.41, 5.74) is 1.75. The van der Waals surface area contributed by atoms with Crippen LogP contribution in [0.4, 0.5) is 5.69 Å². The zero-order valence-corrected chi connectivity index (χ0v) is 16.7. The van der Waals surface area contributed by atoms with E-state index in [4.69, 9.17) is 12.2 Å². The summed E-state index contributed by atoms with van der Waals surface area (Å²) in [6.45, 7) is 0.538. The summed E-state index contributed by atoms with van der Waals surface area (Å²) in [5, 5.41) is 9.05. The molecule has 28 heavy (non-hydrogen) atoms. The van der Waals surface area contributed by atoms with Crippen molar-refractivity contribution in [3.8, 4) is 0 Å². The third-order valence-electron chi connectivity index (χ3n) is 4.67. The number of hydrogen-bond donors (Lipinski definition) is 2. The number of nitrogens with zero attached hydrogens (tertiary/aromatic N) is 2. The van der Waals surface area contributed by atoms with Crippen molar-refractivity contribution in [2.24, 2.45) is 0 Å². The maximum absolute atomic E-state index is 12.4. The molecule has 3 heterocycles. The molecule has 0 bridgehead atoms. The largest absolute Gasteiger partial charge is 0.352 e. The van der Waals surface area contributed by atoms with Gasteiger partial charge in [0, 0.05) is 29.7 Å². The Bertz CT molecular complexity index is 932. The molecular weight excluding hydrogens is 388 g/mol. The van der Waals surface area contributed by atoms with Crippen LogP contribution in [0.15, 0.2) is 72.2 Å². The average Bonchev–Trinajstić information content (AvgIpc) is 3.35. The summed E-state index contributed by atoms with van der Waals surface area (Å²) in [7, 11) is 0. The topological polar surface area (TPSA) is 57.3 Å². The summed E-state index contributed by atoms with van der Waals surface area (Å²) in [5.74, 6) is -0.0276. The molecule has 2 atom stereocenters. The van der Waals surface area contributed by atoms with Gasteiger partial charge in [0.1, 0.15) is 0 Å². The molecule has 7 heteroatoms. The highest BCUT2D eigenvalue weighted by Gasteiger charge is 2.40. The lowest BCUT2D eigenvalue weighted by Gasteiger charge is -2.26. The molecule has 1 fully saturated rings. The molecule has 2 unspecified atom stereocenters. The Morgan fingerprint density at radius 2 is 1.96 bits per heavy atom. The van der Waals surface area contributed by atoms with Crippen LogP contribution in [-0.4, -0.2) is 27.4 Å². The van der Waals surface area contributed by atoms with Gasteiger partial charge in [-0.05, 0) is 47.9 Å². The van der Waals surface area contributed by atoms with Gasteiger partial charge in [-0.25, -0.2) is 0 Å². The third-order valence-corrected chi connectivity index (χ3v) is 5.97. The van der Waals surface area contributed by atoms with Gasteiger partial charge in [-0.3, -0.25) is 9.78 Å². The number of pyridine rings is 1. The maximum atomic E-state index is 12.4. The molecule has 1 saturated heterocycles. The first kappa shape index (κ1) is 18.6. The van der Waals surface area contributed by atoms with Crippen LogP contribution >= 0.6 is 23.6 Å². The molecule has 142 valence electrons. The van der Waals surface area contributed by atoms with Gasteiger partial charge in [0.15, 0.2) is 5.11 Å². The summed E-state index contributed by atoms with van der Waals surface area (Å²) in [6, 6.07) is 19.5. The summed E-state index contributed by atoms with van der Waals surface area (Å²) in [4.78, 5) is 20.2. The van der Waals surface area contributed by atoms with Crippen LogP contribution in [0.1, 0.15) is 29.1 Å². The SMILES string of the molecule is O=C(CCN1C(=S)NC(c2ccccn2)C1c1cccs1)Nc1ccccc1. The highest BCUT2D eigenvalue weighted by atomic mass is 32.1. The van der Waals surface area contributed by atoms with E-state index in [-0.39, 0.29) is 18.0 Å². The van der Waals surface area contributed by atoms with Crippen molar-refractivity contribution in [1.82, 2.24) is 15.2 Å². The number of aromatic nitrogens is 1. The van der Waals surface area contributed by atoms with Crippen molar-refractivity contribution in [2.75, 3.05) is 11.9 Å². The number of rotatable bonds is 6. The minimum Gasteiger partial charge on any atom is -0.352 e. The predicted octanol–water partition coefficient (Wildman–Crippen LogP) is 4.14. The molecule has 4 rings (SSSR count). The Kier molecular flexibility index (Phi) is 5.64. The van der Waals surface area contributed by atoms with Gasteiger partial charge in [0.2, 0.25) is 5.91 Å². The Hall–Kier alpha value is -2.77. The predicted molar refractivity (Wildman–Crippen MR) is 116 cm³/mol. The molecule has 2 aromatic heterocycles. The Morgan fingerprint density at radius 3 is 2.68 bits per heavy atom. The first-order valence-corrected chi connectivity index (χ1v) is 10.4. The summed E-state index contributed by atoms with van der Waals surface area (Å²) < 4.78 is 0. The van der Waals surface area contributed by atoms with E-state index in [1.807, 2.05) is 54.6 Å². The van der Waals surface area contributed by atoms with Crippen molar-refractivity contribution >= 4 is 40.3 Å². The number of thiocarbonyl (C=S) groups is 1. The lowest BCUT2D eigenvalue weighted by Crippen LogP contribution is -2.32. The number of anilines is 1. The molecule has 2 N–H and O–H groups in total. The fourth-order valence-corrected chi connectivity index (χ4v) is 4.59. The average molecular weight is 409 g/mol. The molecular formula is C21H20N4OS2. The van der Waals surface area contributed by atoms with Crippen LogP contribution in [-0.2, 0) is 4.79 Å². The van der Waals surface area contributed by atoms with Crippen molar-refractivity contribution in [3.05, 3.63) is 82.8 Å². The van der Waals surface area contributed by atoms with Crippen molar-refractivity contribution < 1.29 is 4.79 Å². The second kappa shape index (κ2) is 8.50. The molecule has 0 saturated carbocycles. The van der Waals surface area contributed by atoms with Gasteiger partial charge in [-0.1, -0.05) is 30.3 Å². The number of nitrogens with one attached hydrogen (secondary N) is 2. The lowest BCUT2D eigenvalue weighted by atomic mass is 10.0. The van der Waals surface area contributed by atoms with Gasteiger partial charge in [0.05, 0.1) is 17.8 Å². The highest BCUT2D eigenvalue weighted by molar-refractivity contribution is 7.80. The van der Waals surface area contributed by atoms with E-state index in [0.717, 1.165) is 11.4 Å². The van der Waals surface area contributed by atoms with Crippen LogP contribution < -0.4 is 10.6 Å². The zero-order chi connectivity index (χ0) is 19.3. The van der Waals surface area contributed by atoms with Crippen molar-refractivity contribution in [1.29, 1.82) is 0 Å². The molecule has 1 aromatic carbocycles. The summed E-state index contributed by atoms with van der Waals surface area (Å²) in [6.07, 6.45) is 2.15. The first-order chi connectivity index (χ1) is 13.7. The first-order valence-electron chi connectivity index (χ1n) is 9.09. The molecule has 0 aliphatic carbocycles. The molecule has 5 nitrogen and oxygen atoms in total. The maximum Gasteiger partial charge on any atom is 0.226 e. The van der Waals surface area contributed by atoms with E-state index in [0.29, 0.717) is 18.1 Å². The quantitative estimate of drug-likeness (QED) is 0.600. The van der Waals surface area contributed by atoms with Crippen molar-refractivity contribution in [2.45, 2.75) is 18.5 Å². The zero-order valence-electron chi connectivity index (χ0n) is 15.1. The minimum absolute atomic E-state index is 0.0203. The third kappa shape index (κ3) is 4.05. The Labute approximate surface area is 173 Å². The molecule has 1 amide bonds. The number of hydrogen-bond acceptors (Lipinski definition) is 4. The second-order valence-electron chi connectivity index (χ2n) is 6.50. The van der Waals surface area contributed by atoms with Gasteiger partial charge in [0.25, 0.3) is 0 Å². The fourth-order valence-electron chi connectivity index (χ4n) is 3.38. The number of carbonyl (C=O) groups is 1. The monoisotopic (exact) mass is 408 g/mol. The van der Waals surface area contributed by atoms with Crippen LogP contribution in [0, 0.1) is 0 Å². The van der Waals surface area contributed by atoms with E-state index < -0.39 is 0 Å². The van der Waals surface area contributed by atoms with Crippen molar-refractivity contribution in [3.63, 3.8) is 0 Å². The number of carbonyl (C=O) groups excluding carboxylic acids is 1. The lowest BCUT2D eigenvalue weighted by molar-refractivity contribution is -0.116. The molecule has 0 spiro atoms. The van der Waals surface area contributed by atoms with Crippen LogP contribution in [0.2, 0.25) is 0 Å². The Balaban J connectivity index is 1.50. The van der Waals surface area contributed by atoms with E-state index in [1.54, 1.807) is 17.5 Å². The van der Waals surface area contributed by atoms with E-state index >= 15 is 0 Å². The molecule has 1 aliphatic heterocycles. The smallest absolute Gasteiger partial charge is 0.226 e. The van der Waals surface area contributed by atoms with Gasteiger partial charge >= 0.3 is 0 Å². The standard InChI is InChI=1S/C21H20N4OS2/c26-18(23-15-7-2-1-3-8-15)11-13-25-20(17-10-6-14-28-17)19(24-21(25)27)16-9-4-5-12-22-16/h1-10,12,14,19-20H,11,13H2,(H,23,26)(H,24,27). The van der Waals surface area contributed by atoms with E-state index in [2.05, 4.69) is 32.0 Å². The minimum atomic E-state index is -0.0375. The second-order valence-corrected chi connectivity index (χ2v) is 7.87. The van der Waals surface area contributed by atoms with Gasteiger partial charge < -0.3 is 15.5 Å². The van der Waals surface area contributed by atoms with Crippen LogP contribution in [0.3, 0.4) is 0 Å². The number of para-hydroxylation sites is 1. The highest BCUT2D eigenvalue weighted by Crippen LogP contribution is 2.40. The number of benzene rings is 1. The fraction of sp³-hybridized carbons (Fsp3) is 0.190. The van der Waals surface area contributed by atoms with Gasteiger partial charge in [-0.15, -0.1) is 11.3 Å². The van der Waals surface area contributed by atoms with E-state index in [1.165, 1.54) is 4.88 Å². The van der Waals surface area contributed by atoms with Gasteiger partial charge in [-0.2, -0.15) is 0 Å². The summed E-state index contributed by atoms with van der Waals surface area (Å²) >= 11 is 7.30. The molecule has 0 radical (unpaired) electrons. The number of thiophene rings is 1. The Morgan fingerprint density at radius 1 is 1.14 bits per heavy atom. The molecule has 1 aliphatic rings. The van der Waals surface area contributed by atoms with Crippen LogP contribution in [0.25, 0.3) is 0 Å². The normalized spacial score (nSPS) is 18.7.